The van der Waals surface area contributed by atoms with Crippen LogP contribution < -0.4 is 0 Å². The molecular formula is C19H28O5. The van der Waals surface area contributed by atoms with E-state index < -0.39 is 11.5 Å². The summed E-state index contributed by atoms with van der Waals surface area (Å²) in [7, 11) is 0. The van der Waals surface area contributed by atoms with Crippen molar-refractivity contribution in [3.05, 3.63) is 11.6 Å². The summed E-state index contributed by atoms with van der Waals surface area (Å²) in [5.74, 6) is -0.0272. The van der Waals surface area contributed by atoms with E-state index >= 15 is 0 Å². The average molecular weight is 336 g/mol. The monoisotopic (exact) mass is 336 g/mol. The number of aliphatic hydroxyl groups excluding tert-OH is 2. The van der Waals surface area contributed by atoms with Crippen molar-refractivity contribution in [1.82, 2.24) is 0 Å². The maximum Gasteiger partial charge on any atom is 0.331 e. The van der Waals surface area contributed by atoms with Crippen LogP contribution in [0.25, 0.3) is 0 Å². The lowest BCUT2D eigenvalue weighted by atomic mass is 9.45. The van der Waals surface area contributed by atoms with Crippen LogP contribution in [0.15, 0.2) is 11.6 Å². The van der Waals surface area contributed by atoms with Gasteiger partial charge in [-0.15, -0.1) is 0 Å². The van der Waals surface area contributed by atoms with Crippen LogP contribution >= 0.6 is 0 Å². The lowest BCUT2D eigenvalue weighted by Gasteiger charge is -2.59. The SMILES string of the molecule is C[C@@H]1C[C@H](O)[C@@]2(CO)C(=O)CCC[C@@H]2[C@@]1(C)CCC1=CC(=O)OC1. The quantitative estimate of drug-likeness (QED) is 0.767. The van der Waals surface area contributed by atoms with Gasteiger partial charge in [0.15, 0.2) is 0 Å². The van der Waals surface area contributed by atoms with E-state index in [9.17, 15) is 19.8 Å². The molecule has 3 aliphatic rings. The molecule has 24 heavy (non-hydrogen) atoms. The summed E-state index contributed by atoms with van der Waals surface area (Å²) in [6.45, 7) is 4.41. The topological polar surface area (TPSA) is 83.8 Å². The number of cyclic esters (lactones) is 1. The number of fused-ring (bicyclic) bond motifs is 1. The predicted molar refractivity (Wildman–Crippen MR) is 88.0 cm³/mol. The molecule has 0 aromatic carbocycles. The number of carbonyl (C=O) groups is 2. The molecule has 5 heteroatoms. The zero-order valence-electron chi connectivity index (χ0n) is 14.6. The van der Waals surface area contributed by atoms with Gasteiger partial charge in [0.2, 0.25) is 0 Å². The molecule has 134 valence electrons. The van der Waals surface area contributed by atoms with Crippen LogP contribution in [0.2, 0.25) is 0 Å². The number of ketones is 1. The second-order valence-corrected chi connectivity index (χ2v) is 8.14. The van der Waals surface area contributed by atoms with E-state index in [4.69, 9.17) is 4.74 Å². The maximum absolute atomic E-state index is 12.7. The Morgan fingerprint density at radius 1 is 1.38 bits per heavy atom. The van der Waals surface area contributed by atoms with Gasteiger partial charge in [-0.3, -0.25) is 4.79 Å². The van der Waals surface area contributed by atoms with E-state index in [1.807, 2.05) is 0 Å². The molecule has 0 aromatic heterocycles. The number of ether oxygens (including phenoxy) is 1. The van der Waals surface area contributed by atoms with E-state index in [1.54, 1.807) is 6.08 Å². The molecule has 0 amide bonds. The van der Waals surface area contributed by atoms with Crippen LogP contribution in [-0.2, 0) is 14.3 Å². The van der Waals surface area contributed by atoms with Gasteiger partial charge >= 0.3 is 5.97 Å². The number of esters is 1. The van der Waals surface area contributed by atoms with E-state index in [0.29, 0.717) is 19.4 Å². The molecule has 1 aliphatic heterocycles. The highest BCUT2D eigenvalue weighted by atomic mass is 16.5. The number of Topliss-reactive ketones (excluding diaryl/α,β-unsaturated/α-hetero) is 1. The third kappa shape index (κ3) is 2.53. The van der Waals surface area contributed by atoms with Crippen molar-refractivity contribution >= 4 is 11.8 Å². The second kappa shape index (κ2) is 6.26. The molecule has 2 N–H and O–H groups in total. The van der Waals surface area contributed by atoms with Crippen molar-refractivity contribution in [2.75, 3.05) is 13.2 Å². The van der Waals surface area contributed by atoms with E-state index in [2.05, 4.69) is 13.8 Å². The predicted octanol–water partition coefficient (Wildman–Crippen LogP) is 2.00. The maximum atomic E-state index is 12.7. The molecule has 2 aliphatic carbocycles. The fraction of sp³-hybridized carbons (Fsp3) is 0.789. The molecule has 2 saturated carbocycles. The molecule has 0 spiro atoms. The van der Waals surface area contributed by atoms with Crippen LogP contribution in [0.4, 0.5) is 0 Å². The van der Waals surface area contributed by atoms with Crippen LogP contribution in [0.3, 0.4) is 0 Å². The summed E-state index contributed by atoms with van der Waals surface area (Å²) in [6.07, 6.45) is 5.07. The highest BCUT2D eigenvalue weighted by Crippen LogP contribution is 2.60. The molecule has 0 radical (unpaired) electrons. The molecule has 1 heterocycles. The first kappa shape index (κ1) is 17.6. The van der Waals surface area contributed by atoms with Crippen molar-refractivity contribution in [2.24, 2.45) is 22.7 Å². The van der Waals surface area contributed by atoms with Crippen LogP contribution in [0, 0.1) is 22.7 Å². The Balaban J connectivity index is 1.88. The van der Waals surface area contributed by atoms with Crippen molar-refractivity contribution in [3.8, 4) is 0 Å². The standard InChI is InChI=1S/C19H28O5/c1-12-8-16(22)19(11-20)14(4-3-5-15(19)21)18(12,2)7-6-13-9-17(23)24-10-13/h9,12,14,16,20,22H,3-8,10-11H2,1-2H3/t12-,14-,16+,18+,19-/m1/s1. The zero-order valence-corrected chi connectivity index (χ0v) is 14.6. The number of carbonyl (C=O) groups excluding carboxylic acids is 2. The van der Waals surface area contributed by atoms with Crippen molar-refractivity contribution in [3.63, 3.8) is 0 Å². The number of hydrogen-bond donors (Lipinski definition) is 2. The summed E-state index contributed by atoms with van der Waals surface area (Å²) >= 11 is 0. The van der Waals surface area contributed by atoms with E-state index in [0.717, 1.165) is 31.3 Å². The van der Waals surface area contributed by atoms with Crippen molar-refractivity contribution in [2.45, 2.75) is 58.5 Å². The average Bonchev–Trinajstić information content (AvgIpc) is 2.97. The molecule has 3 rings (SSSR count). The lowest BCUT2D eigenvalue weighted by Crippen LogP contribution is -2.63. The van der Waals surface area contributed by atoms with Gasteiger partial charge < -0.3 is 14.9 Å². The van der Waals surface area contributed by atoms with Crippen LogP contribution in [0.5, 0.6) is 0 Å². The highest BCUT2D eigenvalue weighted by Gasteiger charge is 2.62. The fourth-order valence-corrected chi connectivity index (χ4v) is 5.36. The summed E-state index contributed by atoms with van der Waals surface area (Å²) in [4.78, 5) is 23.9. The molecule has 0 bridgehead atoms. The molecule has 0 saturated heterocycles. The Labute approximate surface area is 143 Å². The largest absolute Gasteiger partial charge is 0.458 e. The fourth-order valence-electron chi connectivity index (χ4n) is 5.36. The third-order valence-electron chi connectivity index (χ3n) is 7.10. The van der Waals surface area contributed by atoms with Crippen LogP contribution in [0.1, 0.15) is 52.4 Å². The van der Waals surface area contributed by atoms with Gasteiger partial charge in [-0.05, 0) is 54.9 Å². The van der Waals surface area contributed by atoms with Gasteiger partial charge in [0.25, 0.3) is 0 Å². The van der Waals surface area contributed by atoms with Crippen molar-refractivity contribution < 1.29 is 24.5 Å². The molecular weight excluding hydrogens is 308 g/mol. The Morgan fingerprint density at radius 2 is 2.12 bits per heavy atom. The molecule has 5 atom stereocenters. The first-order chi connectivity index (χ1) is 11.3. The Bertz CT molecular complexity index is 568. The first-order valence-corrected chi connectivity index (χ1v) is 9.03. The Hall–Kier alpha value is -1.20. The second-order valence-electron chi connectivity index (χ2n) is 8.14. The minimum atomic E-state index is -1.00. The van der Waals surface area contributed by atoms with Gasteiger partial charge in [0.05, 0.1) is 18.1 Å². The Kier molecular flexibility index (Phi) is 4.60. The molecule has 0 unspecified atom stereocenters. The van der Waals surface area contributed by atoms with Gasteiger partial charge in [-0.1, -0.05) is 13.8 Å². The number of aliphatic hydroxyl groups is 2. The highest BCUT2D eigenvalue weighted by molar-refractivity contribution is 5.87. The van der Waals surface area contributed by atoms with E-state index in [-0.39, 0.29) is 35.6 Å². The van der Waals surface area contributed by atoms with Gasteiger partial charge in [-0.2, -0.15) is 0 Å². The number of rotatable bonds is 4. The summed E-state index contributed by atoms with van der Waals surface area (Å²) < 4.78 is 4.98. The normalized spacial score (nSPS) is 42.5. The summed E-state index contributed by atoms with van der Waals surface area (Å²) in [5.41, 5.74) is -0.156. The van der Waals surface area contributed by atoms with Gasteiger partial charge in [0.1, 0.15) is 12.4 Å². The van der Waals surface area contributed by atoms with Crippen LogP contribution in [-0.4, -0.2) is 41.3 Å². The minimum Gasteiger partial charge on any atom is -0.458 e. The molecule has 5 nitrogen and oxygen atoms in total. The van der Waals surface area contributed by atoms with E-state index in [1.165, 1.54) is 0 Å². The summed E-state index contributed by atoms with van der Waals surface area (Å²) in [6, 6.07) is 0. The molecule has 2 fully saturated rings. The summed E-state index contributed by atoms with van der Waals surface area (Å²) in [5, 5.41) is 20.8. The van der Waals surface area contributed by atoms with Crippen molar-refractivity contribution in [1.29, 1.82) is 0 Å². The Morgan fingerprint density at radius 3 is 2.75 bits per heavy atom. The number of hydrogen-bond acceptors (Lipinski definition) is 5. The minimum absolute atomic E-state index is 0.0190. The molecule has 0 aromatic rings. The zero-order chi connectivity index (χ0) is 17.5. The lowest BCUT2D eigenvalue weighted by molar-refractivity contribution is -0.187. The smallest absolute Gasteiger partial charge is 0.331 e. The van der Waals surface area contributed by atoms with Gasteiger partial charge in [0, 0.05) is 12.5 Å². The first-order valence-electron chi connectivity index (χ1n) is 9.03. The van der Waals surface area contributed by atoms with Gasteiger partial charge in [-0.25, -0.2) is 4.79 Å². The third-order valence-corrected chi connectivity index (χ3v) is 7.10.